The van der Waals surface area contributed by atoms with E-state index in [1.165, 1.54) is 28.9 Å². The van der Waals surface area contributed by atoms with E-state index in [4.69, 9.17) is 0 Å². The molecule has 0 aliphatic heterocycles. The van der Waals surface area contributed by atoms with Gasteiger partial charge in [0.1, 0.15) is 0 Å². The first-order chi connectivity index (χ1) is 14.7. The number of aromatic nitrogens is 3. The lowest BCUT2D eigenvalue weighted by atomic mass is 10.2. The van der Waals surface area contributed by atoms with Gasteiger partial charge in [0.15, 0.2) is 0 Å². The molecule has 30 heavy (non-hydrogen) atoms. The van der Waals surface area contributed by atoms with E-state index < -0.39 is 0 Å². The maximum Gasteiger partial charge on any atom is 0.255 e. The number of hydrogen-bond acceptors (Lipinski definition) is 7. The molecule has 0 saturated carbocycles. The molecule has 0 saturated heterocycles. The van der Waals surface area contributed by atoms with E-state index in [0.29, 0.717) is 22.5 Å². The molecule has 0 fully saturated rings. The molecule has 5 rings (SSSR count). The summed E-state index contributed by atoms with van der Waals surface area (Å²) in [6, 6.07) is 12.3. The predicted molar refractivity (Wildman–Crippen MR) is 119 cm³/mol. The Hall–Kier alpha value is -3.69. The monoisotopic (exact) mass is 431 g/mol. The average Bonchev–Trinajstić information content (AvgIpc) is 3.43. The molecule has 2 amide bonds. The Morgan fingerprint density at radius 3 is 1.90 bits per heavy atom. The summed E-state index contributed by atoms with van der Waals surface area (Å²) in [6.07, 6.45) is 3.06. The molecule has 3 aromatic heterocycles. The largest absolute Gasteiger partial charge is 0.320 e. The van der Waals surface area contributed by atoms with Crippen LogP contribution in [0.2, 0.25) is 0 Å². The maximum atomic E-state index is 12.7. The van der Waals surface area contributed by atoms with E-state index in [0.717, 1.165) is 20.4 Å². The summed E-state index contributed by atoms with van der Waals surface area (Å²) < 4.78 is 1.87. The molecular weight excluding hydrogens is 418 g/mol. The number of hydrogen-bond donors (Lipinski definition) is 2. The normalized spacial score (nSPS) is 10.9. The van der Waals surface area contributed by atoms with Crippen molar-refractivity contribution in [3.05, 3.63) is 77.0 Å². The Bertz CT molecular complexity index is 1300. The zero-order chi connectivity index (χ0) is 20.5. The molecule has 2 N–H and O–H groups in total. The minimum Gasteiger partial charge on any atom is -0.320 e. The molecule has 0 atom stereocenters. The molecule has 0 radical (unpaired) electrons. The number of anilines is 2. The fourth-order valence-corrected chi connectivity index (χ4v) is 4.42. The van der Waals surface area contributed by atoms with E-state index in [9.17, 15) is 9.59 Å². The first-order valence-electron chi connectivity index (χ1n) is 8.90. The zero-order valence-electron chi connectivity index (χ0n) is 15.3. The van der Waals surface area contributed by atoms with Crippen LogP contribution >= 0.6 is 22.7 Å². The summed E-state index contributed by atoms with van der Waals surface area (Å²) in [5, 5.41) is 5.67. The van der Waals surface area contributed by atoms with Crippen LogP contribution in [0.5, 0.6) is 0 Å². The lowest BCUT2D eigenvalue weighted by Gasteiger charge is -2.12. The van der Waals surface area contributed by atoms with Crippen LogP contribution in [0.3, 0.4) is 0 Å². The van der Waals surface area contributed by atoms with Gasteiger partial charge in [-0.05, 0) is 42.5 Å². The second kappa shape index (κ2) is 7.62. The molecule has 5 aromatic rings. The lowest BCUT2D eigenvalue weighted by Crippen LogP contribution is -2.17. The van der Waals surface area contributed by atoms with Gasteiger partial charge in [0.2, 0.25) is 0 Å². The summed E-state index contributed by atoms with van der Waals surface area (Å²) in [5.74, 6) is -0.571. The predicted octanol–water partition coefficient (Wildman–Crippen LogP) is 4.81. The Labute approximate surface area is 178 Å². The highest BCUT2D eigenvalue weighted by Gasteiger charge is 2.14. The quantitative estimate of drug-likeness (QED) is 0.426. The molecule has 0 spiro atoms. The number of thiazole rings is 2. The lowest BCUT2D eigenvalue weighted by molar-refractivity contribution is 0.101. The number of nitrogens with one attached hydrogen (secondary N) is 2. The van der Waals surface area contributed by atoms with Gasteiger partial charge in [-0.25, -0.2) is 9.97 Å². The Morgan fingerprint density at radius 1 is 0.733 bits per heavy atom. The molecule has 0 aliphatic rings. The average molecular weight is 432 g/mol. The zero-order valence-corrected chi connectivity index (χ0v) is 17.0. The van der Waals surface area contributed by atoms with E-state index in [2.05, 4.69) is 25.6 Å². The summed E-state index contributed by atoms with van der Waals surface area (Å²) in [6.45, 7) is 0. The second-order valence-corrected chi connectivity index (χ2v) is 8.17. The van der Waals surface area contributed by atoms with Crippen LogP contribution < -0.4 is 10.6 Å². The fourth-order valence-electron chi connectivity index (χ4n) is 2.98. The summed E-state index contributed by atoms with van der Waals surface area (Å²) in [7, 11) is 0. The van der Waals surface area contributed by atoms with Gasteiger partial charge in [-0.3, -0.25) is 14.6 Å². The van der Waals surface area contributed by atoms with Crippen molar-refractivity contribution >= 4 is 66.3 Å². The van der Waals surface area contributed by atoms with Crippen LogP contribution in [0.25, 0.3) is 20.4 Å². The van der Waals surface area contributed by atoms with Gasteiger partial charge in [0.25, 0.3) is 11.8 Å². The molecule has 7 nitrogen and oxygen atoms in total. The van der Waals surface area contributed by atoms with Crippen molar-refractivity contribution in [1.29, 1.82) is 0 Å². The van der Waals surface area contributed by atoms with E-state index in [1.54, 1.807) is 47.5 Å². The molecule has 0 bridgehead atoms. The van der Waals surface area contributed by atoms with E-state index in [-0.39, 0.29) is 11.8 Å². The van der Waals surface area contributed by atoms with Crippen molar-refractivity contribution in [2.75, 3.05) is 10.6 Å². The minimum atomic E-state index is -0.292. The molecule has 2 aromatic carbocycles. The number of amides is 2. The SMILES string of the molecule is O=C(Nc1ccncc1NC(=O)c1ccc2ncsc2c1)c1ccc2ncsc2c1. The molecular formula is C21H13N5O2S2. The number of carbonyl (C=O) groups excluding carboxylic acids is 2. The number of carbonyl (C=O) groups is 2. The second-order valence-electron chi connectivity index (χ2n) is 6.40. The van der Waals surface area contributed by atoms with Gasteiger partial charge in [-0.2, -0.15) is 0 Å². The number of nitrogens with zero attached hydrogens (tertiary/aromatic N) is 3. The van der Waals surface area contributed by atoms with E-state index >= 15 is 0 Å². The molecule has 3 heterocycles. The first kappa shape index (κ1) is 18.3. The van der Waals surface area contributed by atoms with Crippen LogP contribution in [0.1, 0.15) is 20.7 Å². The van der Waals surface area contributed by atoms with Crippen molar-refractivity contribution in [1.82, 2.24) is 15.0 Å². The molecule has 9 heteroatoms. The van der Waals surface area contributed by atoms with Crippen LogP contribution in [-0.2, 0) is 0 Å². The standard InChI is InChI=1S/C21H13N5O2S2/c27-20(12-1-3-15-18(7-12)29-10-23-15)25-14-5-6-22-9-17(14)26-21(28)13-2-4-16-19(8-13)30-11-24-16/h1-11H,(H,26,28)(H,22,25,27). The van der Waals surface area contributed by atoms with Gasteiger partial charge in [0, 0.05) is 17.3 Å². The van der Waals surface area contributed by atoms with Gasteiger partial charge >= 0.3 is 0 Å². The maximum absolute atomic E-state index is 12.7. The highest BCUT2D eigenvalue weighted by Crippen LogP contribution is 2.24. The number of fused-ring (bicyclic) bond motifs is 2. The fraction of sp³-hybridized carbons (Fsp3) is 0. The highest BCUT2D eigenvalue weighted by molar-refractivity contribution is 7.17. The van der Waals surface area contributed by atoms with Crippen LogP contribution in [0, 0.1) is 0 Å². The Morgan fingerprint density at radius 2 is 1.30 bits per heavy atom. The summed E-state index contributed by atoms with van der Waals surface area (Å²) in [4.78, 5) is 38.0. The van der Waals surface area contributed by atoms with Crippen molar-refractivity contribution < 1.29 is 9.59 Å². The van der Waals surface area contributed by atoms with Gasteiger partial charge in [-0.1, -0.05) is 0 Å². The van der Waals surface area contributed by atoms with Crippen LogP contribution in [0.15, 0.2) is 65.9 Å². The van der Waals surface area contributed by atoms with Crippen molar-refractivity contribution in [2.24, 2.45) is 0 Å². The summed E-state index contributed by atoms with van der Waals surface area (Å²) >= 11 is 2.95. The Balaban J connectivity index is 1.37. The van der Waals surface area contributed by atoms with Crippen molar-refractivity contribution in [3.63, 3.8) is 0 Å². The third kappa shape index (κ3) is 3.51. The van der Waals surface area contributed by atoms with Crippen molar-refractivity contribution in [2.45, 2.75) is 0 Å². The minimum absolute atomic E-state index is 0.280. The van der Waals surface area contributed by atoms with E-state index in [1.807, 2.05) is 12.1 Å². The summed E-state index contributed by atoms with van der Waals surface area (Å²) in [5.41, 5.74) is 7.08. The molecule has 0 aliphatic carbocycles. The number of pyridine rings is 1. The topological polar surface area (TPSA) is 96.9 Å². The van der Waals surface area contributed by atoms with Crippen molar-refractivity contribution in [3.8, 4) is 0 Å². The number of benzene rings is 2. The molecule has 146 valence electrons. The van der Waals surface area contributed by atoms with Gasteiger partial charge in [-0.15, -0.1) is 22.7 Å². The first-order valence-corrected chi connectivity index (χ1v) is 10.7. The van der Waals surface area contributed by atoms with Gasteiger partial charge < -0.3 is 10.6 Å². The van der Waals surface area contributed by atoms with Gasteiger partial charge in [0.05, 0.1) is 49.0 Å². The Kier molecular flexibility index (Phi) is 4.66. The molecule has 0 unspecified atom stereocenters. The third-order valence-corrected chi connectivity index (χ3v) is 6.09. The van der Waals surface area contributed by atoms with Crippen LogP contribution in [0.4, 0.5) is 11.4 Å². The van der Waals surface area contributed by atoms with Crippen LogP contribution in [-0.4, -0.2) is 26.8 Å². The third-order valence-electron chi connectivity index (χ3n) is 4.50. The number of rotatable bonds is 4. The highest BCUT2D eigenvalue weighted by atomic mass is 32.1. The smallest absolute Gasteiger partial charge is 0.255 e.